The van der Waals surface area contributed by atoms with Crippen molar-refractivity contribution >= 4 is 38.4 Å². The number of rotatable bonds is 3. The summed E-state index contributed by atoms with van der Waals surface area (Å²) in [4.78, 5) is 17.0. The van der Waals surface area contributed by atoms with Crippen LogP contribution in [0.1, 0.15) is 25.7 Å². The van der Waals surface area contributed by atoms with Gasteiger partial charge in [-0.05, 0) is 55.2 Å². The average Bonchev–Trinajstić information content (AvgIpc) is 2.68. The molecule has 0 spiro atoms. The van der Waals surface area contributed by atoms with Crippen LogP contribution in [0.2, 0.25) is 0 Å². The lowest BCUT2D eigenvalue weighted by molar-refractivity contribution is -0.121. The van der Waals surface area contributed by atoms with Crippen LogP contribution in [0.15, 0.2) is 34.9 Å². The van der Waals surface area contributed by atoms with Crippen LogP contribution in [0, 0.1) is 11.8 Å². The van der Waals surface area contributed by atoms with E-state index in [1.54, 1.807) is 0 Å². The Morgan fingerprint density at radius 3 is 2.81 bits per heavy atom. The monoisotopic (exact) mass is 417 g/mol. The quantitative estimate of drug-likeness (QED) is 0.798. The molecule has 0 radical (unpaired) electrons. The van der Waals surface area contributed by atoms with E-state index >= 15 is 0 Å². The zero-order valence-electron chi connectivity index (χ0n) is 14.7. The minimum atomic E-state index is 0.0720. The number of halogens is 1. The van der Waals surface area contributed by atoms with Crippen LogP contribution in [0.4, 0.5) is 5.82 Å². The van der Waals surface area contributed by atoms with Crippen LogP contribution in [0.3, 0.4) is 0 Å². The van der Waals surface area contributed by atoms with Gasteiger partial charge in [0.1, 0.15) is 5.82 Å². The molecule has 1 aliphatic carbocycles. The molecule has 26 heavy (non-hydrogen) atoms. The third-order valence-corrected chi connectivity index (χ3v) is 6.05. The Hall–Kier alpha value is -1.50. The summed E-state index contributed by atoms with van der Waals surface area (Å²) in [7, 11) is 0. The molecule has 138 valence electrons. The molecule has 4 rings (SSSR count). The van der Waals surface area contributed by atoms with Crippen molar-refractivity contribution in [2.24, 2.45) is 11.8 Å². The summed E-state index contributed by atoms with van der Waals surface area (Å²) >= 11 is 3.49. The number of aromatic nitrogens is 1. The zero-order valence-corrected chi connectivity index (χ0v) is 16.3. The molecule has 1 unspecified atom stereocenters. The van der Waals surface area contributed by atoms with Crippen molar-refractivity contribution in [2.75, 3.05) is 25.0 Å². The first kappa shape index (κ1) is 17.9. The molecule has 2 aromatic rings. The van der Waals surface area contributed by atoms with E-state index < -0.39 is 0 Å². The van der Waals surface area contributed by atoms with E-state index in [1.165, 1.54) is 0 Å². The van der Waals surface area contributed by atoms with E-state index in [-0.39, 0.29) is 11.8 Å². The van der Waals surface area contributed by atoms with Crippen LogP contribution >= 0.6 is 15.9 Å². The fraction of sp³-hybridized carbons (Fsp3) is 0.500. The SMILES string of the molecule is O=C(Nc1cc2cc(Br)ccc2cn1)[C@H]1CC[C@H](C2CNCCO2)CC1. The Balaban J connectivity index is 1.35. The smallest absolute Gasteiger partial charge is 0.228 e. The lowest BCUT2D eigenvalue weighted by Gasteiger charge is -2.35. The molecule has 1 amide bonds. The van der Waals surface area contributed by atoms with Crippen molar-refractivity contribution in [1.29, 1.82) is 0 Å². The van der Waals surface area contributed by atoms with E-state index in [9.17, 15) is 4.79 Å². The Bertz CT molecular complexity index is 784. The highest BCUT2D eigenvalue weighted by Gasteiger charge is 2.32. The molecule has 5 nitrogen and oxygen atoms in total. The maximum absolute atomic E-state index is 12.6. The molecule has 1 aliphatic heterocycles. The zero-order chi connectivity index (χ0) is 17.9. The molecule has 1 saturated heterocycles. The molecule has 2 aliphatic rings. The summed E-state index contributed by atoms with van der Waals surface area (Å²) in [5.41, 5.74) is 0. The van der Waals surface area contributed by atoms with Crippen molar-refractivity contribution in [3.8, 4) is 0 Å². The maximum Gasteiger partial charge on any atom is 0.228 e. The van der Waals surface area contributed by atoms with Crippen LogP contribution in [0.5, 0.6) is 0 Å². The second-order valence-corrected chi connectivity index (χ2v) is 8.19. The standard InChI is InChI=1S/C20H24BrN3O2/c21-17-6-5-15-11-23-19(10-16(15)9-17)24-20(25)14-3-1-13(2-4-14)18-12-22-7-8-26-18/h5-6,9-11,13-14,18,22H,1-4,7-8,12H2,(H,23,24,25)/t13-,14-,18?. The summed E-state index contributed by atoms with van der Waals surface area (Å²) in [5.74, 6) is 1.36. The number of fused-ring (bicyclic) bond motifs is 1. The first-order valence-corrected chi connectivity index (χ1v) is 10.2. The normalized spacial score (nSPS) is 26.6. The van der Waals surface area contributed by atoms with Gasteiger partial charge in [-0.25, -0.2) is 4.98 Å². The Morgan fingerprint density at radius 2 is 2.04 bits per heavy atom. The number of nitrogens with zero attached hydrogens (tertiary/aromatic N) is 1. The molecule has 2 fully saturated rings. The van der Waals surface area contributed by atoms with E-state index in [2.05, 4.69) is 31.5 Å². The van der Waals surface area contributed by atoms with Gasteiger partial charge >= 0.3 is 0 Å². The predicted molar refractivity (Wildman–Crippen MR) is 106 cm³/mol. The number of carbonyl (C=O) groups excluding carboxylic acids is 1. The van der Waals surface area contributed by atoms with E-state index in [1.807, 2.05) is 30.5 Å². The summed E-state index contributed by atoms with van der Waals surface area (Å²) in [6, 6.07) is 7.98. The van der Waals surface area contributed by atoms with Crippen molar-refractivity contribution < 1.29 is 9.53 Å². The van der Waals surface area contributed by atoms with Gasteiger partial charge in [0.25, 0.3) is 0 Å². The summed E-state index contributed by atoms with van der Waals surface area (Å²) in [6.45, 7) is 2.69. The van der Waals surface area contributed by atoms with Gasteiger partial charge in [0.05, 0.1) is 12.7 Å². The average molecular weight is 418 g/mol. The lowest BCUT2D eigenvalue weighted by atomic mass is 9.78. The van der Waals surface area contributed by atoms with Crippen LogP contribution < -0.4 is 10.6 Å². The Labute approximate surface area is 162 Å². The van der Waals surface area contributed by atoms with Gasteiger partial charge in [-0.15, -0.1) is 0 Å². The maximum atomic E-state index is 12.6. The van der Waals surface area contributed by atoms with Crippen molar-refractivity contribution in [1.82, 2.24) is 10.3 Å². The van der Waals surface area contributed by atoms with Crippen LogP contribution in [0.25, 0.3) is 10.8 Å². The van der Waals surface area contributed by atoms with Crippen molar-refractivity contribution in [2.45, 2.75) is 31.8 Å². The largest absolute Gasteiger partial charge is 0.375 e. The van der Waals surface area contributed by atoms with Crippen LogP contribution in [-0.4, -0.2) is 36.7 Å². The summed E-state index contributed by atoms with van der Waals surface area (Å²) < 4.78 is 6.90. The predicted octanol–water partition coefficient (Wildman–Crippen LogP) is 3.73. The fourth-order valence-electron chi connectivity index (χ4n) is 4.05. The van der Waals surface area contributed by atoms with Gasteiger partial charge in [0, 0.05) is 35.1 Å². The number of pyridine rings is 1. The van der Waals surface area contributed by atoms with Gasteiger partial charge in [0.2, 0.25) is 5.91 Å². The first-order valence-electron chi connectivity index (χ1n) is 9.37. The number of hydrogen-bond acceptors (Lipinski definition) is 4. The molecule has 1 aromatic heterocycles. The van der Waals surface area contributed by atoms with E-state index in [0.717, 1.165) is 60.6 Å². The number of carbonyl (C=O) groups is 1. The van der Waals surface area contributed by atoms with E-state index in [0.29, 0.717) is 17.8 Å². The van der Waals surface area contributed by atoms with Gasteiger partial charge in [-0.2, -0.15) is 0 Å². The molecule has 2 N–H and O–H groups in total. The first-order chi connectivity index (χ1) is 12.7. The van der Waals surface area contributed by atoms with Gasteiger partial charge in [0.15, 0.2) is 0 Å². The highest BCUT2D eigenvalue weighted by molar-refractivity contribution is 9.10. The number of morpholine rings is 1. The minimum absolute atomic E-state index is 0.0720. The van der Waals surface area contributed by atoms with Gasteiger partial charge in [-0.1, -0.05) is 22.0 Å². The molecule has 1 saturated carbocycles. The second-order valence-electron chi connectivity index (χ2n) is 7.28. The number of nitrogens with one attached hydrogen (secondary N) is 2. The summed E-state index contributed by atoms with van der Waals surface area (Å²) in [6.07, 6.45) is 6.09. The van der Waals surface area contributed by atoms with Crippen molar-refractivity contribution in [3.63, 3.8) is 0 Å². The van der Waals surface area contributed by atoms with Crippen LogP contribution in [-0.2, 0) is 9.53 Å². The fourth-order valence-corrected chi connectivity index (χ4v) is 4.43. The molecule has 6 heteroatoms. The minimum Gasteiger partial charge on any atom is -0.375 e. The Kier molecular flexibility index (Phi) is 5.52. The number of ether oxygens (including phenoxy) is 1. The molecular weight excluding hydrogens is 394 g/mol. The third kappa shape index (κ3) is 4.08. The second kappa shape index (κ2) is 8.03. The van der Waals surface area contributed by atoms with Gasteiger partial charge < -0.3 is 15.4 Å². The summed E-state index contributed by atoms with van der Waals surface area (Å²) in [5, 5.41) is 8.54. The van der Waals surface area contributed by atoms with Crippen molar-refractivity contribution in [3.05, 3.63) is 34.9 Å². The van der Waals surface area contributed by atoms with Gasteiger partial charge in [-0.3, -0.25) is 4.79 Å². The highest BCUT2D eigenvalue weighted by Crippen LogP contribution is 2.33. The molecule has 2 heterocycles. The molecule has 0 bridgehead atoms. The third-order valence-electron chi connectivity index (χ3n) is 5.56. The number of amides is 1. The molecular formula is C20H24BrN3O2. The van der Waals surface area contributed by atoms with E-state index in [4.69, 9.17) is 4.74 Å². The number of benzene rings is 1. The Morgan fingerprint density at radius 1 is 1.19 bits per heavy atom. The number of anilines is 1. The highest BCUT2D eigenvalue weighted by atomic mass is 79.9. The molecule has 1 aromatic carbocycles. The molecule has 1 atom stereocenters. The lowest BCUT2D eigenvalue weighted by Crippen LogP contribution is -2.44. The number of hydrogen-bond donors (Lipinski definition) is 2. The topological polar surface area (TPSA) is 63.2 Å².